The quantitative estimate of drug-likeness (QED) is 0.519. The Morgan fingerprint density at radius 2 is 1.61 bits per heavy atom. The SMILES string of the molecule is COc1ccc(S(=O)(=O)N2CCCCC2)cc1NS(=O)(=O)c1ccc(SC)c(NC(C)=O)c1. The van der Waals surface area contributed by atoms with Crippen LogP contribution < -0.4 is 14.8 Å². The molecule has 2 aromatic rings. The van der Waals surface area contributed by atoms with Crippen LogP contribution in [0.1, 0.15) is 26.2 Å². The van der Waals surface area contributed by atoms with E-state index >= 15 is 0 Å². The number of ether oxygens (including phenoxy) is 1. The number of thioether (sulfide) groups is 1. The summed E-state index contributed by atoms with van der Waals surface area (Å²) in [4.78, 5) is 12.1. The molecule has 0 unspecified atom stereocenters. The summed E-state index contributed by atoms with van der Waals surface area (Å²) in [6.45, 7) is 2.20. The van der Waals surface area contributed by atoms with Crippen LogP contribution in [0, 0.1) is 0 Å². The van der Waals surface area contributed by atoms with E-state index in [1.54, 1.807) is 6.07 Å². The fourth-order valence-electron chi connectivity index (χ4n) is 3.53. The minimum Gasteiger partial charge on any atom is -0.495 e. The van der Waals surface area contributed by atoms with Crippen molar-refractivity contribution in [1.82, 2.24) is 4.31 Å². The van der Waals surface area contributed by atoms with Gasteiger partial charge in [0, 0.05) is 24.9 Å². The molecule has 9 nitrogen and oxygen atoms in total. The molecule has 0 spiro atoms. The van der Waals surface area contributed by atoms with E-state index in [0.717, 1.165) is 19.3 Å². The number of rotatable bonds is 8. The zero-order valence-electron chi connectivity index (χ0n) is 18.6. The van der Waals surface area contributed by atoms with Crippen LogP contribution in [0.4, 0.5) is 11.4 Å². The molecule has 2 N–H and O–H groups in total. The molecular weight excluding hydrogens is 486 g/mol. The molecule has 2 aromatic carbocycles. The second kappa shape index (κ2) is 10.3. The highest BCUT2D eigenvalue weighted by molar-refractivity contribution is 7.98. The Morgan fingerprint density at radius 1 is 0.970 bits per heavy atom. The molecule has 1 aliphatic heterocycles. The molecule has 1 fully saturated rings. The molecule has 0 atom stereocenters. The molecule has 180 valence electrons. The van der Waals surface area contributed by atoms with Crippen LogP contribution in [0.3, 0.4) is 0 Å². The van der Waals surface area contributed by atoms with Gasteiger partial charge in [-0.3, -0.25) is 9.52 Å². The lowest BCUT2D eigenvalue weighted by Crippen LogP contribution is -2.35. The molecule has 12 heteroatoms. The van der Waals surface area contributed by atoms with Gasteiger partial charge in [-0.1, -0.05) is 6.42 Å². The number of hydrogen-bond acceptors (Lipinski definition) is 7. The lowest BCUT2D eigenvalue weighted by Gasteiger charge is -2.26. The molecule has 0 saturated carbocycles. The van der Waals surface area contributed by atoms with E-state index in [4.69, 9.17) is 4.74 Å². The Kier molecular flexibility index (Phi) is 7.93. The van der Waals surface area contributed by atoms with E-state index < -0.39 is 20.0 Å². The number of carbonyl (C=O) groups excluding carboxylic acids is 1. The van der Waals surface area contributed by atoms with Crippen LogP contribution in [0.5, 0.6) is 5.75 Å². The smallest absolute Gasteiger partial charge is 0.262 e. The predicted molar refractivity (Wildman–Crippen MR) is 129 cm³/mol. The predicted octanol–water partition coefficient (Wildman–Crippen LogP) is 3.35. The van der Waals surface area contributed by atoms with Crippen molar-refractivity contribution in [3.63, 3.8) is 0 Å². The van der Waals surface area contributed by atoms with Gasteiger partial charge in [0.2, 0.25) is 15.9 Å². The first kappa shape index (κ1) is 25.3. The average Bonchev–Trinajstić information content (AvgIpc) is 2.79. The number of anilines is 2. The maximum atomic E-state index is 13.1. The molecule has 33 heavy (non-hydrogen) atoms. The van der Waals surface area contributed by atoms with Crippen molar-refractivity contribution in [3.8, 4) is 5.75 Å². The number of piperidine rings is 1. The first-order valence-corrected chi connectivity index (χ1v) is 14.4. The number of methoxy groups -OCH3 is 1. The third kappa shape index (κ3) is 5.81. The lowest BCUT2D eigenvalue weighted by molar-refractivity contribution is -0.114. The summed E-state index contributed by atoms with van der Waals surface area (Å²) in [5.41, 5.74) is 0.372. The fourth-order valence-corrected chi connectivity index (χ4v) is 6.69. The van der Waals surface area contributed by atoms with Crippen molar-refractivity contribution < 1.29 is 26.4 Å². The van der Waals surface area contributed by atoms with Gasteiger partial charge >= 0.3 is 0 Å². The monoisotopic (exact) mass is 513 g/mol. The maximum Gasteiger partial charge on any atom is 0.262 e. The largest absolute Gasteiger partial charge is 0.495 e. The summed E-state index contributed by atoms with van der Waals surface area (Å²) in [5.74, 6) is -0.149. The van der Waals surface area contributed by atoms with Crippen molar-refractivity contribution >= 4 is 49.1 Å². The molecule has 0 radical (unpaired) electrons. The average molecular weight is 514 g/mol. The lowest BCUT2D eigenvalue weighted by atomic mass is 10.2. The summed E-state index contributed by atoms with van der Waals surface area (Å²) >= 11 is 1.36. The highest BCUT2D eigenvalue weighted by atomic mass is 32.2. The Morgan fingerprint density at radius 3 is 2.21 bits per heavy atom. The number of benzene rings is 2. The summed E-state index contributed by atoms with van der Waals surface area (Å²) in [6, 6.07) is 8.47. The number of nitrogens with zero attached hydrogens (tertiary/aromatic N) is 1. The summed E-state index contributed by atoms with van der Waals surface area (Å²) in [6.07, 6.45) is 4.37. The molecule has 1 aliphatic rings. The van der Waals surface area contributed by atoms with Crippen molar-refractivity contribution in [1.29, 1.82) is 0 Å². The van der Waals surface area contributed by atoms with Crippen LogP contribution in [0.2, 0.25) is 0 Å². The third-order valence-electron chi connectivity index (χ3n) is 5.16. The minimum absolute atomic E-state index is 0.00519. The minimum atomic E-state index is -4.12. The zero-order chi connectivity index (χ0) is 24.2. The number of amides is 1. The Bertz CT molecular complexity index is 1240. The normalized spacial score (nSPS) is 15.1. The first-order chi connectivity index (χ1) is 15.6. The topological polar surface area (TPSA) is 122 Å². The summed E-state index contributed by atoms with van der Waals surface area (Å²) in [5, 5.41) is 2.63. The Hall–Kier alpha value is -2.28. The fraction of sp³-hybridized carbons (Fsp3) is 0.381. The maximum absolute atomic E-state index is 13.1. The highest BCUT2D eigenvalue weighted by Gasteiger charge is 2.27. The molecule has 0 aliphatic carbocycles. The van der Waals surface area contributed by atoms with Gasteiger partial charge in [-0.15, -0.1) is 11.8 Å². The number of nitrogens with one attached hydrogen (secondary N) is 2. The third-order valence-corrected chi connectivity index (χ3v) is 9.21. The van der Waals surface area contributed by atoms with E-state index in [1.807, 2.05) is 6.26 Å². The second-order valence-corrected chi connectivity index (χ2v) is 11.9. The van der Waals surface area contributed by atoms with Crippen LogP contribution in [-0.4, -0.2) is 53.5 Å². The van der Waals surface area contributed by atoms with Crippen molar-refractivity contribution in [2.75, 3.05) is 36.5 Å². The van der Waals surface area contributed by atoms with E-state index in [0.29, 0.717) is 23.7 Å². The van der Waals surface area contributed by atoms with E-state index in [1.165, 1.54) is 60.4 Å². The van der Waals surface area contributed by atoms with Crippen LogP contribution in [0.25, 0.3) is 0 Å². The second-order valence-electron chi connectivity index (χ2n) is 7.48. The number of carbonyl (C=O) groups is 1. The molecule has 3 rings (SSSR count). The van der Waals surface area contributed by atoms with E-state index in [2.05, 4.69) is 10.0 Å². The number of sulfonamides is 2. The molecule has 0 aromatic heterocycles. The van der Waals surface area contributed by atoms with E-state index in [9.17, 15) is 21.6 Å². The zero-order valence-corrected chi connectivity index (χ0v) is 21.1. The Balaban J connectivity index is 1.98. The van der Waals surface area contributed by atoms with Gasteiger partial charge in [0.05, 0.1) is 28.3 Å². The van der Waals surface area contributed by atoms with Gasteiger partial charge in [0.1, 0.15) is 5.75 Å². The van der Waals surface area contributed by atoms with Crippen LogP contribution >= 0.6 is 11.8 Å². The summed E-state index contributed by atoms with van der Waals surface area (Å²) in [7, 11) is -6.51. The van der Waals surface area contributed by atoms with Crippen LogP contribution in [-0.2, 0) is 24.8 Å². The van der Waals surface area contributed by atoms with Gasteiger partial charge in [-0.2, -0.15) is 4.31 Å². The standard InChI is InChI=1S/C21H27N3O6S3/c1-15(25)22-19-13-16(8-10-21(19)31-3)32(26,27)23-18-14-17(7-9-20(18)30-2)33(28,29)24-11-5-4-6-12-24/h7-10,13-14,23H,4-6,11-12H2,1-3H3,(H,22,25). The van der Waals surface area contributed by atoms with Gasteiger partial charge in [0.15, 0.2) is 0 Å². The van der Waals surface area contributed by atoms with Gasteiger partial charge in [-0.25, -0.2) is 16.8 Å². The molecule has 1 heterocycles. The van der Waals surface area contributed by atoms with Gasteiger partial charge in [0.25, 0.3) is 10.0 Å². The van der Waals surface area contributed by atoms with E-state index in [-0.39, 0.29) is 27.1 Å². The molecule has 1 saturated heterocycles. The van der Waals surface area contributed by atoms with Crippen molar-refractivity contribution in [2.45, 2.75) is 40.9 Å². The van der Waals surface area contributed by atoms with Crippen molar-refractivity contribution in [2.24, 2.45) is 0 Å². The summed E-state index contributed by atoms with van der Waals surface area (Å²) < 4.78 is 61.5. The van der Waals surface area contributed by atoms with Gasteiger partial charge < -0.3 is 10.1 Å². The Labute approximate surface area is 199 Å². The highest BCUT2D eigenvalue weighted by Crippen LogP contribution is 2.33. The molecular formula is C21H27N3O6S3. The number of hydrogen-bond donors (Lipinski definition) is 2. The van der Waals surface area contributed by atoms with Crippen molar-refractivity contribution in [3.05, 3.63) is 36.4 Å². The first-order valence-electron chi connectivity index (χ1n) is 10.2. The molecule has 0 bridgehead atoms. The van der Waals surface area contributed by atoms with Crippen LogP contribution in [0.15, 0.2) is 51.1 Å². The van der Waals surface area contributed by atoms with Gasteiger partial charge in [-0.05, 0) is 55.5 Å². The molecule has 1 amide bonds.